The number of hydrogen-bond acceptors (Lipinski definition) is 6. The number of carbonyl (C=O) groups excluding carboxylic acids is 1. The predicted octanol–water partition coefficient (Wildman–Crippen LogP) is 3.37. The summed E-state index contributed by atoms with van der Waals surface area (Å²) in [5.41, 5.74) is 4.62. The highest BCUT2D eigenvalue weighted by molar-refractivity contribution is 7.89. The average Bonchev–Trinajstić information content (AvgIpc) is 3.17. The number of rotatable bonds is 8. The molecule has 9 heteroatoms. The van der Waals surface area contributed by atoms with Crippen molar-refractivity contribution in [1.82, 2.24) is 13.9 Å². The third-order valence-electron chi connectivity index (χ3n) is 6.14. The molecule has 0 N–H and O–H groups in total. The summed E-state index contributed by atoms with van der Waals surface area (Å²) in [6.07, 6.45) is 1.06. The number of nitrogens with zero attached hydrogens (tertiary/aromatic N) is 3. The minimum Gasteiger partial charge on any atom is -0.457 e. The van der Waals surface area contributed by atoms with E-state index in [1.807, 2.05) is 36.6 Å². The maximum Gasteiger partial charge on any atom is 0.310 e. The maximum absolute atomic E-state index is 13.0. The van der Waals surface area contributed by atoms with Crippen LogP contribution in [0.15, 0.2) is 41.3 Å². The number of benzene rings is 2. The Kier molecular flexibility index (Phi) is 7.35. The zero-order valence-electron chi connectivity index (χ0n) is 19.9. The van der Waals surface area contributed by atoms with Crippen molar-refractivity contribution >= 4 is 27.0 Å². The first-order valence-electron chi connectivity index (χ1n) is 11.6. The van der Waals surface area contributed by atoms with Gasteiger partial charge < -0.3 is 14.0 Å². The largest absolute Gasteiger partial charge is 0.457 e. The molecule has 4 rings (SSSR count). The zero-order chi connectivity index (χ0) is 24.3. The van der Waals surface area contributed by atoms with Crippen LogP contribution in [0.1, 0.15) is 35.9 Å². The molecule has 2 aromatic carbocycles. The molecule has 8 nitrogen and oxygen atoms in total. The fraction of sp³-hybridized carbons (Fsp3) is 0.440. The Morgan fingerprint density at radius 1 is 1.09 bits per heavy atom. The Morgan fingerprint density at radius 3 is 2.56 bits per heavy atom. The lowest BCUT2D eigenvalue weighted by atomic mass is 10.0. The number of aromatic nitrogens is 2. The van der Waals surface area contributed by atoms with Crippen LogP contribution in [0.3, 0.4) is 0 Å². The Morgan fingerprint density at radius 2 is 1.85 bits per heavy atom. The molecule has 3 aromatic rings. The Balaban J connectivity index is 1.54. The molecular weight excluding hydrogens is 454 g/mol. The van der Waals surface area contributed by atoms with Crippen molar-refractivity contribution in [2.24, 2.45) is 0 Å². The van der Waals surface area contributed by atoms with Crippen LogP contribution in [0, 0.1) is 13.8 Å². The van der Waals surface area contributed by atoms with Gasteiger partial charge in [0.2, 0.25) is 10.0 Å². The van der Waals surface area contributed by atoms with Gasteiger partial charge >= 0.3 is 5.97 Å². The van der Waals surface area contributed by atoms with Crippen molar-refractivity contribution in [2.45, 2.75) is 51.7 Å². The van der Waals surface area contributed by atoms with E-state index >= 15 is 0 Å². The van der Waals surface area contributed by atoms with Gasteiger partial charge in [-0.05, 0) is 55.2 Å². The first kappa shape index (κ1) is 24.4. The third-order valence-corrected chi connectivity index (χ3v) is 8.03. The number of morpholine rings is 1. The molecule has 0 amide bonds. The predicted molar refractivity (Wildman–Crippen MR) is 129 cm³/mol. The Hall–Kier alpha value is -2.75. The number of carbonyl (C=O) groups is 1. The van der Waals surface area contributed by atoms with Gasteiger partial charge in [0.05, 0.1) is 35.6 Å². The smallest absolute Gasteiger partial charge is 0.310 e. The van der Waals surface area contributed by atoms with Gasteiger partial charge in [0.25, 0.3) is 0 Å². The number of hydrogen-bond donors (Lipinski definition) is 0. The Bertz CT molecular complexity index is 1290. The van der Waals surface area contributed by atoms with E-state index in [2.05, 4.69) is 11.9 Å². The van der Waals surface area contributed by atoms with Crippen LogP contribution >= 0.6 is 0 Å². The summed E-state index contributed by atoms with van der Waals surface area (Å²) in [4.78, 5) is 17.3. The molecule has 0 spiro atoms. The first-order chi connectivity index (χ1) is 16.3. The molecule has 1 aliphatic rings. The van der Waals surface area contributed by atoms with Crippen LogP contribution in [0.25, 0.3) is 11.0 Å². The lowest BCUT2D eigenvalue weighted by Crippen LogP contribution is -2.40. The van der Waals surface area contributed by atoms with E-state index in [1.54, 1.807) is 18.2 Å². The van der Waals surface area contributed by atoms with Crippen LogP contribution in [0.4, 0.5) is 0 Å². The van der Waals surface area contributed by atoms with Crippen molar-refractivity contribution in [3.8, 4) is 0 Å². The zero-order valence-corrected chi connectivity index (χ0v) is 20.7. The van der Waals surface area contributed by atoms with E-state index in [0.29, 0.717) is 44.2 Å². The minimum atomic E-state index is -3.62. The van der Waals surface area contributed by atoms with Gasteiger partial charge in [-0.25, -0.2) is 13.4 Å². The van der Waals surface area contributed by atoms with E-state index in [1.165, 1.54) is 9.87 Å². The van der Waals surface area contributed by atoms with Crippen molar-refractivity contribution < 1.29 is 22.7 Å². The summed E-state index contributed by atoms with van der Waals surface area (Å²) in [5.74, 6) is 0.278. The first-order valence-corrected chi connectivity index (χ1v) is 13.0. The SMILES string of the molecule is CCCn1c(COC(=O)Cc2ccc(C)c(C)c2)nc2cc(S(=O)(=O)N3CCOCC3)ccc21. The fourth-order valence-corrected chi connectivity index (χ4v) is 5.54. The number of imidazole rings is 1. The fourth-order valence-electron chi connectivity index (χ4n) is 4.12. The summed E-state index contributed by atoms with van der Waals surface area (Å²) in [6, 6.07) is 10.9. The molecule has 34 heavy (non-hydrogen) atoms. The second kappa shape index (κ2) is 10.2. The lowest BCUT2D eigenvalue weighted by Gasteiger charge is -2.26. The number of esters is 1. The van der Waals surface area contributed by atoms with Gasteiger partial charge in [-0.1, -0.05) is 25.1 Å². The van der Waals surface area contributed by atoms with E-state index in [0.717, 1.165) is 23.1 Å². The van der Waals surface area contributed by atoms with Gasteiger partial charge in [-0.2, -0.15) is 4.31 Å². The highest BCUT2D eigenvalue weighted by Crippen LogP contribution is 2.24. The maximum atomic E-state index is 13.0. The van der Waals surface area contributed by atoms with Crippen LogP contribution in [-0.4, -0.2) is 54.5 Å². The average molecular weight is 486 g/mol. The molecule has 0 aliphatic carbocycles. The molecule has 0 saturated carbocycles. The highest BCUT2D eigenvalue weighted by Gasteiger charge is 2.27. The molecular formula is C25H31N3O5S. The second-order valence-electron chi connectivity index (χ2n) is 8.60. The molecule has 2 heterocycles. The van der Waals surface area contributed by atoms with Crippen LogP contribution in [-0.2, 0) is 43.9 Å². The van der Waals surface area contributed by atoms with Crippen LogP contribution in [0.2, 0.25) is 0 Å². The monoisotopic (exact) mass is 485 g/mol. The second-order valence-corrected chi connectivity index (χ2v) is 10.5. The van der Waals surface area contributed by atoms with E-state index in [9.17, 15) is 13.2 Å². The summed E-state index contributed by atoms with van der Waals surface area (Å²) < 4.78 is 40.4. The summed E-state index contributed by atoms with van der Waals surface area (Å²) >= 11 is 0. The van der Waals surface area contributed by atoms with Crippen molar-refractivity contribution in [3.63, 3.8) is 0 Å². The summed E-state index contributed by atoms with van der Waals surface area (Å²) in [7, 11) is -3.62. The van der Waals surface area contributed by atoms with Gasteiger partial charge in [-0.15, -0.1) is 0 Å². The molecule has 1 aromatic heterocycles. The van der Waals surface area contributed by atoms with Crippen LogP contribution < -0.4 is 0 Å². The molecule has 0 radical (unpaired) electrons. The van der Waals surface area contributed by atoms with Crippen LogP contribution in [0.5, 0.6) is 0 Å². The molecule has 0 atom stereocenters. The summed E-state index contributed by atoms with van der Waals surface area (Å²) in [5, 5.41) is 0. The molecule has 1 saturated heterocycles. The molecule has 0 unspecified atom stereocenters. The quantitative estimate of drug-likeness (QED) is 0.455. The molecule has 1 fully saturated rings. The summed E-state index contributed by atoms with van der Waals surface area (Å²) in [6.45, 7) is 8.30. The molecule has 182 valence electrons. The van der Waals surface area contributed by atoms with Gasteiger partial charge in [0, 0.05) is 19.6 Å². The highest BCUT2D eigenvalue weighted by atomic mass is 32.2. The van der Waals surface area contributed by atoms with Crippen molar-refractivity contribution in [1.29, 1.82) is 0 Å². The molecule has 0 bridgehead atoms. The number of fused-ring (bicyclic) bond motifs is 1. The Labute approximate surface area is 200 Å². The van der Waals surface area contributed by atoms with Gasteiger partial charge in [0.15, 0.2) is 0 Å². The lowest BCUT2D eigenvalue weighted by molar-refractivity contribution is -0.144. The van der Waals surface area contributed by atoms with Gasteiger partial charge in [0.1, 0.15) is 12.4 Å². The van der Waals surface area contributed by atoms with E-state index in [4.69, 9.17) is 9.47 Å². The van der Waals surface area contributed by atoms with Crippen molar-refractivity contribution in [2.75, 3.05) is 26.3 Å². The van der Waals surface area contributed by atoms with E-state index < -0.39 is 10.0 Å². The third kappa shape index (κ3) is 5.16. The van der Waals surface area contributed by atoms with E-state index in [-0.39, 0.29) is 23.9 Å². The number of aryl methyl sites for hydroxylation is 3. The number of ether oxygens (including phenoxy) is 2. The topological polar surface area (TPSA) is 90.7 Å². The minimum absolute atomic E-state index is 0.0317. The standard InChI is InChI=1S/C25H31N3O5S/c1-4-9-28-23-8-7-21(34(30,31)27-10-12-32-13-11-27)16-22(23)26-24(28)17-33-25(29)15-20-6-5-18(2)19(3)14-20/h5-8,14,16H,4,9-13,15,17H2,1-3H3. The molecule has 1 aliphatic heterocycles. The van der Waals surface area contributed by atoms with Gasteiger partial charge in [-0.3, -0.25) is 4.79 Å². The normalized spacial score (nSPS) is 15.0. The van der Waals surface area contributed by atoms with Crippen molar-refractivity contribution in [3.05, 3.63) is 58.9 Å². The number of sulfonamides is 1.